The second kappa shape index (κ2) is 24.1. The highest BCUT2D eigenvalue weighted by molar-refractivity contribution is 8.33. The van der Waals surface area contributed by atoms with Gasteiger partial charge in [-0.3, -0.25) is 24.2 Å². The zero-order chi connectivity index (χ0) is 49.8. The van der Waals surface area contributed by atoms with Crippen LogP contribution in [0.5, 0.6) is 0 Å². The monoisotopic (exact) mass is 998 g/mol. The van der Waals surface area contributed by atoms with Crippen LogP contribution in [0.15, 0.2) is 221 Å². The third-order valence-electron chi connectivity index (χ3n) is 14.9. The minimum Gasteiger partial charge on any atom is -0.354 e. The molecule has 72 heavy (non-hydrogen) atoms. The molecule has 0 aromatic heterocycles. The summed E-state index contributed by atoms with van der Waals surface area (Å²) in [5.74, 6) is 0.849. The lowest BCUT2D eigenvalue weighted by molar-refractivity contribution is -0.178. The van der Waals surface area contributed by atoms with Gasteiger partial charge in [-0.2, -0.15) is 10.0 Å². The molecule has 2 heterocycles. The third-order valence-corrected chi connectivity index (χ3v) is 20.5. The number of hydrogen-bond acceptors (Lipinski definition) is 6. The quantitative estimate of drug-likeness (QED) is 0.0415. The molecule has 2 saturated heterocycles. The van der Waals surface area contributed by atoms with E-state index in [0.717, 1.165) is 43.5 Å². The predicted molar refractivity (Wildman–Crippen MR) is 293 cm³/mol. The van der Waals surface area contributed by atoms with E-state index in [2.05, 4.69) is 197 Å². The van der Waals surface area contributed by atoms with E-state index in [9.17, 15) is 14.0 Å². The van der Waals surface area contributed by atoms with Crippen LogP contribution in [0.3, 0.4) is 0 Å². The third kappa shape index (κ3) is 11.1. The number of rotatable bonds is 22. The molecule has 2 bridgehead atoms. The minimum atomic E-state index is -1.76. The summed E-state index contributed by atoms with van der Waals surface area (Å²) in [5.41, 5.74) is 4.58. The summed E-state index contributed by atoms with van der Waals surface area (Å²) in [4.78, 5) is 42.9. The average molecular weight is 999 g/mol. The SMILES string of the molecule is CON(C)C(=O)[C@H]1C(c2ccc(F)cc2)CC2CCC1N2CCCN(CCS(c1ccccc1)(c1ccccc1)c1ccccc1)CC(=O)NCCSC(c1ccccc1)(c1ccccc1)c1ccccc1. The van der Waals surface area contributed by atoms with Gasteiger partial charge in [0.1, 0.15) is 5.82 Å². The Kier molecular flexibility index (Phi) is 17.1. The standard InChI is InChI=1S/C62H67FN4O3S2/c1-65(70-2)61(69)60-57(48-34-36-52(63)37-35-48)46-53-38-39-58(60)67(53)42-21-41-66(43-45-72(54-28-15-6-16-29-54,55-30-17-7-18-31-55)56-32-19-8-20-33-56)47-59(68)64-40-44-71-62(49-22-9-3-10-23-49,50-24-11-4-12-25-50)51-26-13-5-14-27-51/h3-20,22-37,53,57-58,60H,21,38-47H2,1-2H3,(H,64,68)/t53?,57?,58?,60-/m0/s1. The van der Waals surface area contributed by atoms with E-state index in [0.29, 0.717) is 31.4 Å². The highest BCUT2D eigenvalue weighted by Crippen LogP contribution is 2.68. The van der Waals surface area contributed by atoms with Crippen molar-refractivity contribution < 1.29 is 18.8 Å². The molecular formula is C62H67FN4O3S2. The maximum atomic E-state index is 14.5. The van der Waals surface area contributed by atoms with E-state index < -0.39 is 14.8 Å². The number of hydrogen-bond donors (Lipinski definition) is 1. The van der Waals surface area contributed by atoms with Gasteiger partial charge in [-0.05, 0) is 130 Å². The summed E-state index contributed by atoms with van der Waals surface area (Å²) in [6.45, 7) is 2.99. The summed E-state index contributed by atoms with van der Waals surface area (Å²) in [6, 6.07) is 71.9. The van der Waals surface area contributed by atoms with Crippen LogP contribution in [0, 0.1) is 11.7 Å². The molecule has 1 N–H and O–H groups in total. The van der Waals surface area contributed by atoms with Gasteiger partial charge in [-0.1, -0.05) is 158 Å². The summed E-state index contributed by atoms with van der Waals surface area (Å²) in [7, 11) is 1.46. The number of piperidine rings is 1. The van der Waals surface area contributed by atoms with Crippen LogP contribution in [0.1, 0.15) is 53.9 Å². The second-order valence-electron chi connectivity index (χ2n) is 19.0. The maximum absolute atomic E-state index is 14.5. The van der Waals surface area contributed by atoms with Gasteiger partial charge in [-0.15, -0.1) is 11.8 Å². The average Bonchev–Trinajstić information content (AvgIpc) is 3.71. The van der Waals surface area contributed by atoms with Gasteiger partial charge in [0, 0.05) is 43.7 Å². The molecule has 4 atom stereocenters. The smallest absolute Gasteiger partial charge is 0.251 e. The van der Waals surface area contributed by atoms with Crippen molar-refractivity contribution in [2.45, 2.75) is 63.1 Å². The van der Waals surface area contributed by atoms with E-state index in [1.54, 1.807) is 7.05 Å². The number of thioether (sulfide) groups is 1. The van der Waals surface area contributed by atoms with Crippen LogP contribution < -0.4 is 5.32 Å². The molecule has 0 radical (unpaired) electrons. The Balaban J connectivity index is 0.965. The van der Waals surface area contributed by atoms with Crippen LogP contribution in [-0.2, 0) is 19.2 Å². The van der Waals surface area contributed by atoms with Gasteiger partial charge in [0.25, 0.3) is 5.91 Å². The van der Waals surface area contributed by atoms with Crippen LogP contribution >= 0.6 is 21.8 Å². The van der Waals surface area contributed by atoms with Crippen molar-refractivity contribution in [2.24, 2.45) is 5.92 Å². The zero-order valence-electron chi connectivity index (χ0n) is 41.5. The summed E-state index contributed by atoms with van der Waals surface area (Å²) in [6.07, 6.45) is 3.57. The summed E-state index contributed by atoms with van der Waals surface area (Å²) < 4.78 is 13.7. The fourth-order valence-corrected chi connectivity index (χ4v) is 16.8. The molecule has 2 aliphatic rings. The Morgan fingerprint density at radius 1 is 0.681 bits per heavy atom. The van der Waals surface area contributed by atoms with E-state index in [1.807, 2.05) is 23.9 Å². The number of nitrogens with zero attached hydrogens (tertiary/aromatic N) is 3. The van der Waals surface area contributed by atoms with E-state index in [1.165, 1.54) is 55.7 Å². The molecule has 9 rings (SSSR count). The van der Waals surface area contributed by atoms with Gasteiger partial charge in [0.2, 0.25) is 5.91 Å². The lowest BCUT2D eigenvalue weighted by Crippen LogP contribution is -2.53. The number of fused-ring (bicyclic) bond motifs is 2. The van der Waals surface area contributed by atoms with E-state index in [4.69, 9.17) is 4.84 Å². The van der Waals surface area contributed by atoms with Gasteiger partial charge in [0.05, 0.1) is 24.3 Å². The molecule has 2 amide bonds. The molecule has 7 nitrogen and oxygen atoms in total. The first kappa shape index (κ1) is 50.9. The van der Waals surface area contributed by atoms with Crippen molar-refractivity contribution in [3.05, 3.63) is 234 Å². The first-order valence-corrected chi connectivity index (χ1v) is 28.2. The van der Waals surface area contributed by atoms with Crippen LogP contribution in [0.4, 0.5) is 4.39 Å². The van der Waals surface area contributed by atoms with Crippen molar-refractivity contribution in [1.82, 2.24) is 20.2 Å². The van der Waals surface area contributed by atoms with Crippen molar-refractivity contribution in [3.8, 4) is 0 Å². The topological polar surface area (TPSA) is 65.1 Å². The van der Waals surface area contributed by atoms with E-state index in [-0.39, 0.29) is 42.1 Å². The fourth-order valence-electron chi connectivity index (χ4n) is 11.5. The highest BCUT2D eigenvalue weighted by atomic mass is 32.3. The van der Waals surface area contributed by atoms with Crippen molar-refractivity contribution >= 4 is 33.6 Å². The zero-order valence-corrected chi connectivity index (χ0v) is 43.1. The first-order chi connectivity index (χ1) is 35.3. The molecule has 0 saturated carbocycles. The number of hydroxylamine groups is 2. The summed E-state index contributed by atoms with van der Waals surface area (Å²) in [5, 5.41) is 4.74. The van der Waals surface area contributed by atoms with Gasteiger partial charge in [0.15, 0.2) is 0 Å². The Bertz CT molecular complexity index is 2590. The number of carbonyl (C=O) groups is 2. The first-order valence-electron chi connectivity index (χ1n) is 25.4. The number of halogens is 1. The Labute approximate surface area is 432 Å². The molecule has 372 valence electrons. The second-order valence-corrected chi connectivity index (χ2v) is 23.6. The molecule has 3 unspecified atom stereocenters. The number of benzene rings is 7. The van der Waals surface area contributed by atoms with Crippen LogP contribution in [0.2, 0.25) is 0 Å². The van der Waals surface area contributed by atoms with Crippen molar-refractivity contribution in [1.29, 1.82) is 0 Å². The van der Waals surface area contributed by atoms with Crippen molar-refractivity contribution in [2.75, 3.05) is 58.4 Å². The Hall–Kier alpha value is -6.01. The van der Waals surface area contributed by atoms with Crippen LogP contribution in [0.25, 0.3) is 0 Å². The Morgan fingerprint density at radius 2 is 1.17 bits per heavy atom. The molecule has 2 aliphatic heterocycles. The molecule has 7 aromatic rings. The van der Waals surface area contributed by atoms with Crippen molar-refractivity contribution in [3.63, 3.8) is 0 Å². The van der Waals surface area contributed by atoms with Gasteiger partial charge >= 0.3 is 0 Å². The summed E-state index contributed by atoms with van der Waals surface area (Å²) >= 11 is 1.85. The predicted octanol–water partition coefficient (Wildman–Crippen LogP) is 12.3. The number of amides is 2. The number of carbonyl (C=O) groups excluding carboxylic acids is 2. The highest BCUT2D eigenvalue weighted by Gasteiger charge is 2.51. The fraction of sp³-hybridized carbons (Fsp3) is 0.290. The molecule has 7 aromatic carbocycles. The van der Waals surface area contributed by atoms with E-state index >= 15 is 0 Å². The molecule has 0 spiro atoms. The largest absolute Gasteiger partial charge is 0.354 e. The molecule has 10 heteroatoms. The van der Waals surface area contributed by atoms with Crippen LogP contribution in [-0.4, -0.2) is 97.1 Å². The lowest BCUT2D eigenvalue weighted by atomic mass is 9.75. The Morgan fingerprint density at radius 3 is 1.65 bits per heavy atom. The minimum absolute atomic E-state index is 0.00788. The lowest BCUT2D eigenvalue weighted by Gasteiger charge is -2.45. The normalized spacial score (nSPS) is 18.2. The maximum Gasteiger partial charge on any atom is 0.251 e. The number of nitrogens with one attached hydrogen (secondary N) is 1. The van der Waals surface area contributed by atoms with Gasteiger partial charge in [-0.25, -0.2) is 9.45 Å². The molecular weight excluding hydrogens is 932 g/mol. The molecule has 0 aliphatic carbocycles. The molecule has 2 fully saturated rings. The van der Waals surface area contributed by atoms with Gasteiger partial charge < -0.3 is 5.32 Å².